The van der Waals surface area contributed by atoms with E-state index in [1.165, 1.54) is 44.8 Å². The van der Waals surface area contributed by atoms with Crippen LogP contribution >= 0.6 is 0 Å². The first-order valence-corrected chi connectivity index (χ1v) is 8.13. The Kier molecular flexibility index (Phi) is 7.00. The van der Waals surface area contributed by atoms with Gasteiger partial charge in [-0.15, -0.1) is 0 Å². The number of benzene rings is 1. The highest BCUT2D eigenvalue weighted by atomic mass is 15.2. The van der Waals surface area contributed by atoms with Crippen molar-refractivity contribution in [1.29, 1.82) is 0 Å². The topological polar surface area (TPSA) is 21.8 Å². The van der Waals surface area contributed by atoms with E-state index in [1.54, 1.807) is 0 Å². The Morgan fingerprint density at radius 2 is 1.76 bits per heavy atom. The van der Waals surface area contributed by atoms with Crippen molar-refractivity contribution in [1.82, 2.24) is 15.1 Å². The molecule has 0 bridgehead atoms. The van der Waals surface area contributed by atoms with Crippen LogP contribution in [-0.4, -0.2) is 76.3 Å². The largest absolute Gasteiger partial charge is 0.375 e. The minimum atomic E-state index is 1.10. The van der Waals surface area contributed by atoms with Crippen molar-refractivity contribution in [2.45, 2.75) is 6.42 Å². The summed E-state index contributed by atoms with van der Waals surface area (Å²) in [4.78, 5) is 7.29. The predicted molar refractivity (Wildman–Crippen MR) is 91.1 cm³/mol. The first kappa shape index (κ1) is 16.3. The molecule has 0 aromatic heterocycles. The van der Waals surface area contributed by atoms with Crippen LogP contribution in [0.4, 0.5) is 5.69 Å². The van der Waals surface area contributed by atoms with E-state index >= 15 is 0 Å². The van der Waals surface area contributed by atoms with Crippen LogP contribution in [0.3, 0.4) is 0 Å². The van der Waals surface area contributed by atoms with Gasteiger partial charge < -0.3 is 15.1 Å². The van der Waals surface area contributed by atoms with Crippen LogP contribution in [0.1, 0.15) is 6.42 Å². The molecule has 1 fully saturated rings. The molecule has 1 saturated heterocycles. The Bertz CT molecular complexity index is 374. The maximum absolute atomic E-state index is 3.57. The lowest BCUT2D eigenvalue weighted by Gasteiger charge is -2.32. The molecule has 118 valence electrons. The predicted octanol–water partition coefficient (Wildman–Crippen LogP) is 1.35. The molecule has 1 aromatic carbocycles. The third-order valence-electron chi connectivity index (χ3n) is 4.24. The zero-order chi connectivity index (χ0) is 14.9. The Morgan fingerprint density at radius 3 is 2.48 bits per heavy atom. The van der Waals surface area contributed by atoms with Crippen molar-refractivity contribution >= 4 is 5.69 Å². The van der Waals surface area contributed by atoms with Crippen LogP contribution in [-0.2, 0) is 0 Å². The molecule has 0 aliphatic carbocycles. The summed E-state index contributed by atoms with van der Waals surface area (Å²) < 4.78 is 0. The van der Waals surface area contributed by atoms with Crippen LogP contribution in [0.2, 0.25) is 0 Å². The Hall–Kier alpha value is -1.10. The van der Waals surface area contributed by atoms with Crippen molar-refractivity contribution in [3.63, 3.8) is 0 Å². The number of piperazine rings is 1. The van der Waals surface area contributed by atoms with E-state index < -0.39 is 0 Å². The minimum absolute atomic E-state index is 1.10. The molecular formula is C17H30N4. The summed E-state index contributed by atoms with van der Waals surface area (Å²) in [5.41, 5.74) is 1.30. The molecule has 21 heavy (non-hydrogen) atoms. The van der Waals surface area contributed by atoms with Crippen LogP contribution < -0.4 is 10.2 Å². The molecule has 0 atom stereocenters. The van der Waals surface area contributed by atoms with Crippen LogP contribution in [0.25, 0.3) is 0 Å². The first-order valence-electron chi connectivity index (χ1n) is 8.13. The van der Waals surface area contributed by atoms with E-state index in [2.05, 4.69) is 64.4 Å². The lowest BCUT2D eigenvalue weighted by atomic mass is 10.3. The molecule has 0 spiro atoms. The van der Waals surface area contributed by atoms with Crippen molar-refractivity contribution in [3.05, 3.63) is 30.3 Å². The van der Waals surface area contributed by atoms with Gasteiger partial charge in [0.15, 0.2) is 0 Å². The lowest BCUT2D eigenvalue weighted by molar-refractivity contribution is 0.155. The molecule has 0 unspecified atom stereocenters. The molecule has 0 amide bonds. The summed E-state index contributed by atoms with van der Waals surface area (Å²) in [5.74, 6) is 0. The van der Waals surface area contributed by atoms with Crippen molar-refractivity contribution in [2.24, 2.45) is 0 Å². The van der Waals surface area contributed by atoms with Gasteiger partial charge in [-0.25, -0.2) is 0 Å². The van der Waals surface area contributed by atoms with E-state index in [-0.39, 0.29) is 0 Å². The fraction of sp³-hybridized carbons (Fsp3) is 0.647. The number of hydrogen-bond donors (Lipinski definition) is 1. The van der Waals surface area contributed by atoms with Crippen LogP contribution in [0.5, 0.6) is 0 Å². The summed E-state index contributed by atoms with van der Waals surface area (Å²) in [6.45, 7) is 9.35. The normalized spacial score (nSPS) is 17.0. The van der Waals surface area contributed by atoms with E-state index in [0.717, 1.165) is 19.6 Å². The average molecular weight is 290 g/mol. The Labute approximate surface area is 129 Å². The lowest BCUT2D eigenvalue weighted by Crippen LogP contribution is -2.46. The highest BCUT2D eigenvalue weighted by molar-refractivity contribution is 5.44. The average Bonchev–Trinajstić information content (AvgIpc) is 2.53. The van der Waals surface area contributed by atoms with E-state index in [9.17, 15) is 0 Å². The Balaban J connectivity index is 1.48. The molecule has 0 radical (unpaired) electrons. The molecule has 1 aromatic rings. The molecular weight excluding hydrogens is 260 g/mol. The second kappa shape index (κ2) is 9.03. The first-order chi connectivity index (χ1) is 10.3. The molecule has 1 heterocycles. The fourth-order valence-corrected chi connectivity index (χ4v) is 2.69. The monoisotopic (exact) mass is 290 g/mol. The van der Waals surface area contributed by atoms with Crippen molar-refractivity contribution < 1.29 is 0 Å². The quantitative estimate of drug-likeness (QED) is 0.730. The summed E-state index contributed by atoms with van der Waals surface area (Å²) >= 11 is 0. The van der Waals surface area contributed by atoms with Gasteiger partial charge in [0.1, 0.15) is 0 Å². The second-order valence-electron chi connectivity index (χ2n) is 6.01. The highest BCUT2D eigenvalue weighted by Crippen LogP contribution is 2.10. The number of nitrogens with one attached hydrogen (secondary N) is 1. The number of nitrogens with zero attached hydrogens (tertiary/aromatic N) is 3. The van der Waals surface area contributed by atoms with Gasteiger partial charge in [-0.3, -0.25) is 4.90 Å². The second-order valence-corrected chi connectivity index (χ2v) is 6.01. The molecule has 4 heteroatoms. The maximum atomic E-state index is 3.57. The molecule has 1 aliphatic heterocycles. The summed E-state index contributed by atoms with van der Waals surface area (Å²) in [5, 5.41) is 3.57. The van der Waals surface area contributed by atoms with Gasteiger partial charge in [-0.2, -0.15) is 0 Å². The number of para-hydroxylation sites is 1. The third kappa shape index (κ3) is 6.04. The smallest absolute Gasteiger partial charge is 0.0363 e. The minimum Gasteiger partial charge on any atom is -0.375 e. The number of anilines is 1. The van der Waals surface area contributed by atoms with E-state index in [4.69, 9.17) is 0 Å². The molecule has 4 nitrogen and oxygen atoms in total. The van der Waals surface area contributed by atoms with E-state index in [1.807, 2.05) is 0 Å². The van der Waals surface area contributed by atoms with Crippen LogP contribution in [0, 0.1) is 0 Å². The molecule has 1 aliphatic rings. The third-order valence-corrected chi connectivity index (χ3v) is 4.24. The highest BCUT2D eigenvalue weighted by Gasteiger charge is 2.12. The fourth-order valence-electron chi connectivity index (χ4n) is 2.69. The molecule has 2 rings (SSSR count). The SMILES string of the molecule is CN1CCN(CCNCCCN(C)c2ccccc2)CC1. The molecule has 1 N–H and O–H groups in total. The summed E-state index contributed by atoms with van der Waals surface area (Å²) in [6, 6.07) is 10.6. The van der Waals surface area contributed by atoms with Gasteiger partial charge in [-0.1, -0.05) is 18.2 Å². The van der Waals surface area contributed by atoms with Crippen LogP contribution in [0.15, 0.2) is 30.3 Å². The van der Waals surface area contributed by atoms with Crippen molar-refractivity contribution in [2.75, 3.05) is 71.4 Å². The zero-order valence-electron chi connectivity index (χ0n) is 13.6. The molecule has 0 saturated carbocycles. The summed E-state index contributed by atoms with van der Waals surface area (Å²) in [6.07, 6.45) is 1.19. The number of likely N-dealkylation sites (N-methyl/N-ethyl adjacent to an activating group) is 1. The zero-order valence-corrected chi connectivity index (χ0v) is 13.6. The van der Waals surface area contributed by atoms with Gasteiger partial charge >= 0.3 is 0 Å². The van der Waals surface area contributed by atoms with Gasteiger partial charge in [0.25, 0.3) is 0 Å². The summed E-state index contributed by atoms with van der Waals surface area (Å²) in [7, 11) is 4.37. The number of rotatable bonds is 8. The van der Waals surface area contributed by atoms with E-state index in [0.29, 0.717) is 0 Å². The Morgan fingerprint density at radius 1 is 1.05 bits per heavy atom. The maximum Gasteiger partial charge on any atom is 0.0363 e. The van der Waals surface area contributed by atoms with Crippen molar-refractivity contribution in [3.8, 4) is 0 Å². The number of hydrogen-bond acceptors (Lipinski definition) is 4. The van der Waals surface area contributed by atoms with Gasteiger partial charge in [0, 0.05) is 58.5 Å². The van der Waals surface area contributed by atoms with Gasteiger partial charge in [0.05, 0.1) is 0 Å². The van der Waals surface area contributed by atoms with Gasteiger partial charge in [0.2, 0.25) is 0 Å². The standard InChI is InChI=1S/C17H30N4/c1-19-13-15-21(16-14-19)12-10-18-9-6-11-20(2)17-7-4-3-5-8-17/h3-5,7-8,18H,6,9-16H2,1-2H3. The van der Waals surface area contributed by atoms with Gasteiger partial charge in [-0.05, 0) is 32.1 Å².